The summed E-state index contributed by atoms with van der Waals surface area (Å²) in [4.78, 5) is 15.7. The van der Waals surface area contributed by atoms with E-state index in [1.807, 2.05) is 0 Å². The van der Waals surface area contributed by atoms with Gasteiger partial charge < -0.3 is 4.74 Å². The van der Waals surface area contributed by atoms with Gasteiger partial charge in [0.15, 0.2) is 0 Å². The molecule has 1 heterocycles. The maximum Gasteiger partial charge on any atom is 0.367 e. The minimum atomic E-state index is -0.424. The topological polar surface area (TPSA) is 39.2 Å². The number of hydrogen-bond acceptors (Lipinski definition) is 4. The van der Waals surface area contributed by atoms with Crippen LogP contribution in [0.25, 0.3) is 11.3 Å². The van der Waals surface area contributed by atoms with E-state index in [1.165, 1.54) is 11.3 Å². The van der Waals surface area contributed by atoms with Gasteiger partial charge in [0, 0.05) is 10.9 Å². The van der Waals surface area contributed by atoms with E-state index in [9.17, 15) is 4.79 Å². The molecule has 6 heteroatoms. The molecule has 0 aliphatic heterocycles. The van der Waals surface area contributed by atoms with E-state index < -0.39 is 5.97 Å². The first kappa shape index (κ1) is 13.3. The summed E-state index contributed by atoms with van der Waals surface area (Å²) in [6.45, 7) is 2.08. The molecule has 0 atom stereocenters. The average molecular weight is 302 g/mol. The van der Waals surface area contributed by atoms with Crippen molar-refractivity contribution >= 4 is 40.5 Å². The summed E-state index contributed by atoms with van der Waals surface area (Å²) < 4.78 is 4.88. The largest absolute Gasteiger partial charge is 0.461 e. The summed E-state index contributed by atoms with van der Waals surface area (Å²) in [6.07, 6.45) is 0. The van der Waals surface area contributed by atoms with Crippen LogP contribution in [0.1, 0.15) is 16.7 Å². The maximum atomic E-state index is 11.5. The van der Waals surface area contributed by atoms with Crippen molar-refractivity contribution in [3.05, 3.63) is 38.6 Å². The predicted molar refractivity (Wildman–Crippen MR) is 73.5 cm³/mol. The van der Waals surface area contributed by atoms with E-state index >= 15 is 0 Å². The van der Waals surface area contributed by atoms with Gasteiger partial charge in [0.1, 0.15) is 0 Å². The average Bonchev–Trinajstić information content (AvgIpc) is 2.82. The lowest BCUT2D eigenvalue weighted by Crippen LogP contribution is -2.03. The van der Waals surface area contributed by atoms with Gasteiger partial charge in [-0.1, -0.05) is 35.3 Å². The van der Waals surface area contributed by atoms with Gasteiger partial charge in [-0.25, -0.2) is 9.78 Å². The van der Waals surface area contributed by atoms with Crippen molar-refractivity contribution in [2.24, 2.45) is 0 Å². The number of benzene rings is 1. The highest BCUT2D eigenvalue weighted by molar-refractivity contribution is 7.11. The highest BCUT2D eigenvalue weighted by Gasteiger charge is 2.15. The van der Waals surface area contributed by atoms with Gasteiger partial charge in [0.25, 0.3) is 0 Å². The van der Waals surface area contributed by atoms with E-state index in [4.69, 9.17) is 27.9 Å². The third-order valence-corrected chi connectivity index (χ3v) is 3.82. The molecule has 0 aliphatic carbocycles. The smallest absolute Gasteiger partial charge is 0.367 e. The Morgan fingerprint density at radius 1 is 1.44 bits per heavy atom. The number of aromatic nitrogens is 1. The van der Waals surface area contributed by atoms with E-state index in [2.05, 4.69) is 4.98 Å². The molecular formula is C12H9Cl2NO2S. The number of esters is 1. The molecule has 0 unspecified atom stereocenters. The van der Waals surface area contributed by atoms with E-state index in [0.717, 1.165) is 0 Å². The third kappa shape index (κ3) is 2.66. The second-order valence-electron chi connectivity index (χ2n) is 3.36. The van der Waals surface area contributed by atoms with Crippen molar-refractivity contribution < 1.29 is 9.53 Å². The predicted octanol–water partition coefficient (Wildman–Crippen LogP) is 4.29. The summed E-state index contributed by atoms with van der Waals surface area (Å²) in [5.74, 6) is -0.424. The fourth-order valence-electron chi connectivity index (χ4n) is 1.39. The second-order valence-corrected chi connectivity index (χ2v) is 5.00. The molecule has 0 amide bonds. The van der Waals surface area contributed by atoms with Crippen molar-refractivity contribution in [2.45, 2.75) is 6.92 Å². The standard InChI is InChI=1S/C12H9Cl2NO2S/c1-2-17-12(16)11-15-9(6-18-11)7-4-3-5-8(13)10(7)14/h3-6H,2H2,1H3. The lowest BCUT2D eigenvalue weighted by Gasteiger charge is -2.01. The number of halogens is 2. The minimum Gasteiger partial charge on any atom is -0.461 e. The lowest BCUT2D eigenvalue weighted by molar-refractivity contribution is 0.0526. The molecule has 0 fully saturated rings. The highest BCUT2D eigenvalue weighted by Crippen LogP contribution is 2.33. The Labute approximate surface area is 118 Å². The number of hydrogen-bond donors (Lipinski definition) is 0. The summed E-state index contributed by atoms with van der Waals surface area (Å²) in [6, 6.07) is 5.29. The maximum absolute atomic E-state index is 11.5. The van der Waals surface area contributed by atoms with Gasteiger partial charge in [-0.15, -0.1) is 11.3 Å². The summed E-state index contributed by atoms with van der Waals surface area (Å²) >= 11 is 13.2. The quantitative estimate of drug-likeness (QED) is 0.794. The van der Waals surface area contributed by atoms with Gasteiger partial charge in [-0.2, -0.15) is 0 Å². The highest BCUT2D eigenvalue weighted by atomic mass is 35.5. The number of nitrogens with zero attached hydrogens (tertiary/aromatic N) is 1. The first-order valence-electron chi connectivity index (χ1n) is 5.20. The SMILES string of the molecule is CCOC(=O)c1nc(-c2cccc(Cl)c2Cl)cs1. The van der Waals surface area contributed by atoms with Crippen LogP contribution in [0.2, 0.25) is 10.0 Å². The molecule has 0 N–H and O–H groups in total. The van der Waals surface area contributed by atoms with Crippen molar-refractivity contribution in [2.75, 3.05) is 6.61 Å². The zero-order valence-corrected chi connectivity index (χ0v) is 11.8. The molecule has 0 saturated heterocycles. The van der Waals surface area contributed by atoms with Crippen molar-refractivity contribution in [1.29, 1.82) is 0 Å². The molecule has 18 heavy (non-hydrogen) atoms. The van der Waals surface area contributed by atoms with Crippen LogP contribution < -0.4 is 0 Å². The van der Waals surface area contributed by atoms with Crippen LogP contribution in [0.4, 0.5) is 0 Å². The Kier molecular flexibility index (Phi) is 4.22. The molecule has 2 aromatic rings. The molecule has 0 saturated carbocycles. The molecule has 1 aromatic heterocycles. The van der Waals surface area contributed by atoms with Gasteiger partial charge in [-0.3, -0.25) is 0 Å². The van der Waals surface area contributed by atoms with Gasteiger partial charge >= 0.3 is 5.97 Å². The minimum absolute atomic E-state index is 0.308. The zero-order valence-electron chi connectivity index (χ0n) is 9.44. The molecule has 94 valence electrons. The monoisotopic (exact) mass is 301 g/mol. The van der Waals surface area contributed by atoms with Gasteiger partial charge in [0.05, 0.1) is 22.3 Å². The number of carbonyl (C=O) groups is 1. The Bertz CT molecular complexity index is 583. The first-order valence-corrected chi connectivity index (χ1v) is 6.84. The number of ether oxygens (including phenoxy) is 1. The Morgan fingerprint density at radius 2 is 2.22 bits per heavy atom. The third-order valence-electron chi connectivity index (χ3n) is 2.18. The van der Waals surface area contributed by atoms with Crippen LogP contribution in [0.3, 0.4) is 0 Å². The summed E-state index contributed by atoms with van der Waals surface area (Å²) in [5.41, 5.74) is 1.33. The summed E-state index contributed by atoms with van der Waals surface area (Å²) in [5, 5.41) is 2.95. The van der Waals surface area contributed by atoms with Crippen LogP contribution in [-0.4, -0.2) is 17.6 Å². The van der Waals surface area contributed by atoms with Crippen LogP contribution >= 0.6 is 34.5 Å². The van der Waals surface area contributed by atoms with Crippen LogP contribution in [0.15, 0.2) is 23.6 Å². The van der Waals surface area contributed by atoms with E-state index in [1.54, 1.807) is 30.5 Å². The zero-order chi connectivity index (χ0) is 13.1. The van der Waals surface area contributed by atoms with Gasteiger partial charge in [-0.05, 0) is 13.0 Å². The van der Waals surface area contributed by atoms with Crippen LogP contribution in [-0.2, 0) is 4.74 Å². The first-order chi connectivity index (χ1) is 8.63. The summed E-state index contributed by atoms with van der Waals surface area (Å²) in [7, 11) is 0. The number of carbonyl (C=O) groups excluding carboxylic acids is 1. The molecule has 2 rings (SSSR count). The number of thiazole rings is 1. The van der Waals surface area contributed by atoms with Gasteiger partial charge in [0.2, 0.25) is 5.01 Å². The van der Waals surface area contributed by atoms with E-state index in [-0.39, 0.29) is 0 Å². The molecule has 0 spiro atoms. The molecule has 0 bridgehead atoms. The molecule has 0 aliphatic rings. The number of rotatable bonds is 3. The molecule has 3 nitrogen and oxygen atoms in total. The van der Waals surface area contributed by atoms with E-state index in [0.29, 0.717) is 32.9 Å². The Hall–Kier alpha value is -1.10. The van der Waals surface area contributed by atoms with Crippen LogP contribution in [0, 0.1) is 0 Å². The van der Waals surface area contributed by atoms with Crippen LogP contribution in [0.5, 0.6) is 0 Å². The fraction of sp³-hybridized carbons (Fsp3) is 0.167. The second kappa shape index (κ2) is 5.69. The lowest BCUT2D eigenvalue weighted by atomic mass is 10.2. The molecule has 1 aromatic carbocycles. The van der Waals surface area contributed by atoms with Crippen molar-refractivity contribution in [1.82, 2.24) is 4.98 Å². The fourth-order valence-corrected chi connectivity index (χ4v) is 2.49. The van der Waals surface area contributed by atoms with Crippen molar-refractivity contribution in [3.8, 4) is 11.3 Å². The molecule has 0 radical (unpaired) electrons. The normalized spacial score (nSPS) is 10.4. The Morgan fingerprint density at radius 3 is 2.94 bits per heavy atom. The van der Waals surface area contributed by atoms with Crippen molar-refractivity contribution in [3.63, 3.8) is 0 Å². The Balaban J connectivity index is 2.35. The molecular weight excluding hydrogens is 293 g/mol.